The second-order valence-corrected chi connectivity index (χ2v) is 16.4. The average molecular weight is 548 g/mol. The second kappa shape index (κ2) is 12.7. The van der Waals surface area contributed by atoms with Crippen LogP contribution in [-0.2, 0) is 32.0 Å². The van der Waals surface area contributed by atoms with Gasteiger partial charge >= 0.3 is 11.9 Å². The molecule has 0 radical (unpaired) electrons. The minimum Gasteiger partial charge on any atom is -0.543 e. The topological polar surface area (TPSA) is 83.5 Å². The number of rotatable bonds is 11. The molecule has 0 atom stereocenters. The molecule has 3 rings (SSSR count). The zero-order valence-electron chi connectivity index (χ0n) is 24.5. The lowest BCUT2D eigenvalue weighted by atomic mass is 9.94. The molecule has 0 aromatic heterocycles. The number of methoxy groups -OCH3 is 1. The van der Waals surface area contributed by atoms with Crippen LogP contribution in [0.1, 0.15) is 67.6 Å². The van der Waals surface area contributed by atoms with Crippen molar-refractivity contribution in [1.82, 2.24) is 4.90 Å². The molecule has 38 heavy (non-hydrogen) atoms. The second-order valence-electron chi connectivity index (χ2n) is 11.7. The van der Waals surface area contributed by atoms with Crippen LogP contribution in [0.15, 0.2) is 11.6 Å². The van der Waals surface area contributed by atoms with Crippen LogP contribution in [-0.4, -0.2) is 71.7 Å². The maximum atomic E-state index is 12.8. The van der Waals surface area contributed by atoms with Gasteiger partial charge in [-0.3, -0.25) is 9.69 Å². The minimum absolute atomic E-state index is 0.0499. The van der Waals surface area contributed by atoms with Gasteiger partial charge in [0.15, 0.2) is 0 Å². The maximum absolute atomic E-state index is 12.8. The smallest absolute Gasteiger partial charge is 0.342 e. The molecular weight excluding hydrogens is 502 g/mol. The number of carbonyl (C=O) groups excluding carboxylic acids is 2. The number of fused-ring (bicyclic) bond motifs is 1. The predicted molar refractivity (Wildman–Crippen MR) is 150 cm³/mol. The number of benzene rings is 1. The molecule has 0 saturated carbocycles. The Morgan fingerprint density at radius 3 is 2.45 bits per heavy atom. The van der Waals surface area contributed by atoms with Crippen molar-refractivity contribution < 1.29 is 33.0 Å². The summed E-state index contributed by atoms with van der Waals surface area (Å²) in [7, 11) is -0.622. The molecule has 2 aliphatic rings. The Hall–Kier alpha value is -2.36. The van der Waals surface area contributed by atoms with Gasteiger partial charge in [-0.25, -0.2) is 4.79 Å². The third-order valence-corrected chi connectivity index (χ3v) is 12.3. The summed E-state index contributed by atoms with van der Waals surface area (Å²) in [5.74, 6) is 0.772. The SMILES string of the molecule is COc1c(C)c2c(c(O[Si](C)(C)C(C)(C)C)c1C/C=C(\C)CCC(=O)OCCN1CCOCC1)C(=O)OC2. The van der Waals surface area contributed by atoms with E-state index in [0.29, 0.717) is 37.2 Å². The number of ether oxygens (including phenoxy) is 4. The molecule has 1 fully saturated rings. The molecule has 0 spiro atoms. The van der Waals surface area contributed by atoms with Crippen LogP contribution in [0.4, 0.5) is 0 Å². The third-order valence-electron chi connectivity index (χ3n) is 7.94. The summed E-state index contributed by atoms with van der Waals surface area (Å²) in [6.07, 6.45) is 3.53. The molecule has 2 heterocycles. The Morgan fingerprint density at radius 2 is 1.82 bits per heavy atom. The molecule has 1 saturated heterocycles. The fraction of sp³-hybridized carbons (Fsp3) is 0.655. The number of hydrogen-bond donors (Lipinski definition) is 0. The van der Waals surface area contributed by atoms with Crippen LogP contribution < -0.4 is 9.16 Å². The van der Waals surface area contributed by atoms with Crippen molar-refractivity contribution in [3.05, 3.63) is 33.9 Å². The van der Waals surface area contributed by atoms with E-state index in [1.54, 1.807) is 7.11 Å². The van der Waals surface area contributed by atoms with E-state index >= 15 is 0 Å². The van der Waals surface area contributed by atoms with E-state index in [1.165, 1.54) is 0 Å². The van der Waals surface area contributed by atoms with Crippen molar-refractivity contribution in [2.24, 2.45) is 0 Å². The highest BCUT2D eigenvalue weighted by Gasteiger charge is 2.42. The van der Waals surface area contributed by atoms with Gasteiger partial charge in [0.1, 0.15) is 30.3 Å². The van der Waals surface area contributed by atoms with Crippen LogP contribution in [0, 0.1) is 6.92 Å². The zero-order valence-corrected chi connectivity index (χ0v) is 25.5. The van der Waals surface area contributed by atoms with Crippen molar-refractivity contribution in [1.29, 1.82) is 0 Å². The molecule has 2 aliphatic heterocycles. The fourth-order valence-corrected chi connectivity index (χ4v) is 5.44. The molecular formula is C29H45NO7Si. The summed E-state index contributed by atoms with van der Waals surface area (Å²) >= 11 is 0. The molecule has 212 valence electrons. The van der Waals surface area contributed by atoms with Gasteiger partial charge in [0, 0.05) is 37.2 Å². The molecule has 0 aliphatic carbocycles. The highest BCUT2D eigenvalue weighted by molar-refractivity contribution is 6.74. The van der Waals surface area contributed by atoms with Crippen LogP contribution >= 0.6 is 0 Å². The highest BCUT2D eigenvalue weighted by Crippen LogP contribution is 2.46. The van der Waals surface area contributed by atoms with Gasteiger partial charge in [0.25, 0.3) is 8.32 Å². The normalized spacial score (nSPS) is 16.7. The van der Waals surface area contributed by atoms with Gasteiger partial charge < -0.3 is 23.4 Å². The number of allylic oxidation sites excluding steroid dienone is 2. The van der Waals surface area contributed by atoms with Crippen molar-refractivity contribution in [2.75, 3.05) is 46.6 Å². The molecule has 1 aromatic rings. The monoisotopic (exact) mass is 547 g/mol. The molecule has 8 nitrogen and oxygen atoms in total. The number of cyclic esters (lactones) is 1. The summed E-state index contributed by atoms with van der Waals surface area (Å²) in [5.41, 5.74) is 4.18. The van der Waals surface area contributed by atoms with Crippen LogP contribution in [0.2, 0.25) is 18.1 Å². The number of nitrogens with zero attached hydrogens (tertiary/aromatic N) is 1. The summed E-state index contributed by atoms with van der Waals surface area (Å²) < 4.78 is 28.8. The lowest BCUT2D eigenvalue weighted by Crippen LogP contribution is -2.44. The van der Waals surface area contributed by atoms with E-state index in [4.69, 9.17) is 23.4 Å². The van der Waals surface area contributed by atoms with Crippen molar-refractivity contribution >= 4 is 20.3 Å². The zero-order chi connectivity index (χ0) is 28.1. The molecule has 0 bridgehead atoms. The van der Waals surface area contributed by atoms with Gasteiger partial charge in [-0.1, -0.05) is 32.4 Å². The van der Waals surface area contributed by atoms with E-state index in [-0.39, 0.29) is 23.6 Å². The average Bonchev–Trinajstić information content (AvgIpc) is 3.25. The van der Waals surface area contributed by atoms with Crippen molar-refractivity contribution in [3.8, 4) is 11.5 Å². The maximum Gasteiger partial charge on any atom is 0.342 e. The minimum atomic E-state index is -2.27. The van der Waals surface area contributed by atoms with Crippen LogP contribution in [0.25, 0.3) is 0 Å². The summed E-state index contributed by atoms with van der Waals surface area (Å²) in [6, 6.07) is 0. The van der Waals surface area contributed by atoms with E-state index in [1.807, 2.05) is 13.8 Å². The number of esters is 2. The first-order chi connectivity index (χ1) is 17.9. The molecule has 1 aromatic carbocycles. The summed E-state index contributed by atoms with van der Waals surface area (Å²) in [6.45, 7) is 19.4. The molecule has 9 heteroatoms. The van der Waals surface area contributed by atoms with Gasteiger partial charge in [-0.05, 0) is 50.4 Å². The van der Waals surface area contributed by atoms with Gasteiger partial charge in [-0.15, -0.1) is 0 Å². The third kappa shape index (κ3) is 7.18. The highest BCUT2D eigenvalue weighted by atomic mass is 28.4. The number of morpholine rings is 1. The summed E-state index contributed by atoms with van der Waals surface area (Å²) in [5, 5.41) is -0.0499. The Labute approximate surface area is 228 Å². The van der Waals surface area contributed by atoms with E-state index < -0.39 is 8.32 Å². The lowest BCUT2D eigenvalue weighted by Gasteiger charge is -2.37. The molecule has 0 unspecified atom stereocenters. The van der Waals surface area contributed by atoms with E-state index in [0.717, 1.165) is 60.9 Å². The molecule has 0 amide bonds. The van der Waals surface area contributed by atoms with Crippen molar-refractivity contribution in [3.63, 3.8) is 0 Å². The first-order valence-electron chi connectivity index (χ1n) is 13.6. The summed E-state index contributed by atoms with van der Waals surface area (Å²) in [4.78, 5) is 27.4. The quantitative estimate of drug-likeness (QED) is 0.212. The van der Waals surface area contributed by atoms with Crippen molar-refractivity contribution in [2.45, 2.75) is 78.6 Å². The van der Waals surface area contributed by atoms with Gasteiger partial charge in [0.05, 0.1) is 20.3 Å². The Balaban J connectivity index is 1.74. The fourth-order valence-electron chi connectivity index (χ4n) is 4.39. The Kier molecular flexibility index (Phi) is 10.1. The van der Waals surface area contributed by atoms with Crippen LogP contribution in [0.3, 0.4) is 0 Å². The first kappa shape index (κ1) is 30.2. The Bertz CT molecular complexity index is 1050. The lowest BCUT2D eigenvalue weighted by molar-refractivity contribution is -0.144. The number of carbonyl (C=O) groups is 2. The standard InChI is InChI=1S/C29H45NO7Si/c1-20(10-12-24(31)35-18-15-30-13-16-34-17-14-30)9-11-22-26(33-6)21(2)23-19-36-28(32)25(23)27(22)37-38(7,8)29(3,4)5/h9H,10-19H2,1-8H3/b20-9+. The van der Waals surface area contributed by atoms with E-state index in [2.05, 4.69) is 44.8 Å². The Morgan fingerprint density at radius 1 is 1.13 bits per heavy atom. The largest absolute Gasteiger partial charge is 0.543 e. The van der Waals surface area contributed by atoms with Gasteiger partial charge in [-0.2, -0.15) is 0 Å². The van der Waals surface area contributed by atoms with Gasteiger partial charge in [0.2, 0.25) is 0 Å². The predicted octanol–water partition coefficient (Wildman–Crippen LogP) is 5.20. The number of hydrogen-bond acceptors (Lipinski definition) is 8. The van der Waals surface area contributed by atoms with E-state index in [9.17, 15) is 9.59 Å². The molecule has 0 N–H and O–H groups in total. The first-order valence-corrected chi connectivity index (χ1v) is 16.5. The van der Waals surface area contributed by atoms with Crippen LogP contribution in [0.5, 0.6) is 11.5 Å².